The van der Waals surface area contributed by atoms with Crippen LogP contribution in [0.3, 0.4) is 0 Å². The number of aromatic nitrogens is 4. The first-order valence-corrected chi connectivity index (χ1v) is 7.35. The molecular formula is C15H10BrF3N4. The van der Waals surface area contributed by atoms with Crippen molar-refractivity contribution in [2.45, 2.75) is 13.1 Å². The number of nitrogens with zero attached hydrogens (tertiary/aromatic N) is 4. The van der Waals surface area contributed by atoms with Crippen molar-refractivity contribution >= 4 is 15.9 Å². The van der Waals surface area contributed by atoms with E-state index in [1.54, 1.807) is 30.1 Å². The third-order valence-electron chi connectivity index (χ3n) is 3.13. The lowest BCUT2D eigenvalue weighted by atomic mass is 10.1. The van der Waals surface area contributed by atoms with Gasteiger partial charge in [-0.2, -0.15) is 13.2 Å². The minimum Gasteiger partial charge on any atom is -0.273 e. The van der Waals surface area contributed by atoms with Crippen molar-refractivity contribution in [2.24, 2.45) is 0 Å². The van der Waals surface area contributed by atoms with Crippen molar-refractivity contribution in [3.8, 4) is 17.2 Å². The van der Waals surface area contributed by atoms with E-state index < -0.39 is 11.7 Å². The van der Waals surface area contributed by atoms with Gasteiger partial charge in [0.05, 0.1) is 11.3 Å². The van der Waals surface area contributed by atoms with Crippen LogP contribution in [0.2, 0.25) is 0 Å². The molecule has 0 fully saturated rings. The van der Waals surface area contributed by atoms with E-state index >= 15 is 0 Å². The summed E-state index contributed by atoms with van der Waals surface area (Å²) < 4.78 is 40.2. The molecule has 0 aliphatic rings. The molecule has 0 atom stereocenters. The summed E-state index contributed by atoms with van der Waals surface area (Å²) >= 11 is 3.24. The fourth-order valence-corrected chi connectivity index (χ4v) is 2.37. The van der Waals surface area contributed by atoms with Gasteiger partial charge in [0.25, 0.3) is 0 Å². The van der Waals surface area contributed by atoms with Crippen LogP contribution in [0.15, 0.2) is 47.5 Å². The summed E-state index contributed by atoms with van der Waals surface area (Å²) in [5.41, 5.74) is 1.15. The number of aryl methyl sites for hydroxylation is 1. The van der Waals surface area contributed by atoms with Crippen LogP contribution in [0.4, 0.5) is 13.2 Å². The quantitative estimate of drug-likeness (QED) is 0.658. The van der Waals surface area contributed by atoms with E-state index in [9.17, 15) is 13.2 Å². The summed E-state index contributed by atoms with van der Waals surface area (Å²) in [7, 11) is 0. The predicted octanol–water partition coefficient (Wildman–Crippen LogP) is 4.42. The molecule has 0 amide bonds. The van der Waals surface area contributed by atoms with Crippen LogP contribution in [0.5, 0.6) is 0 Å². The van der Waals surface area contributed by atoms with Crippen molar-refractivity contribution in [3.05, 3.63) is 58.7 Å². The zero-order valence-electron chi connectivity index (χ0n) is 11.8. The van der Waals surface area contributed by atoms with Gasteiger partial charge in [-0.15, -0.1) is 0 Å². The second-order valence-electron chi connectivity index (χ2n) is 4.87. The number of hydrogen-bond acceptors (Lipinski definition) is 3. The maximum Gasteiger partial charge on any atom is 0.416 e. The molecule has 2 heterocycles. The van der Waals surface area contributed by atoms with Gasteiger partial charge in [-0.05, 0) is 41.1 Å². The van der Waals surface area contributed by atoms with Gasteiger partial charge in [0, 0.05) is 17.5 Å². The van der Waals surface area contributed by atoms with Gasteiger partial charge in [0.15, 0.2) is 0 Å². The topological polar surface area (TPSA) is 43.6 Å². The van der Waals surface area contributed by atoms with Gasteiger partial charge in [-0.25, -0.2) is 15.0 Å². The molecule has 0 spiro atoms. The van der Waals surface area contributed by atoms with Gasteiger partial charge in [-0.1, -0.05) is 12.1 Å². The second-order valence-corrected chi connectivity index (χ2v) is 5.69. The molecule has 118 valence electrons. The molecule has 0 unspecified atom stereocenters. The molecule has 0 saturated carbocycles. The Hall–Kier alpha value is -2.22. The van der Waals surface area contributed by atoms with Crippen LogP contribution < -0.4 is 0 Å². The van der Waals surface area contributed by atoms with Gasteiger partial charge in [0.1, 0.15) is 10.9 Å². The highest BCUT2D eigenvalue weighted by molar-refractivity contribution is 9.10. The fraction of sp³-hybridized carbons (Fsp3) is 0.133. The van der Waals surface area contributed by atoms with E-state index in [1.165, 1.54) is 12.1 Å². The van der Waals surface area contributed by atoms with E-state index in [1.807, 2.05) is 0 Å². The van der Waals surface area contributed by atoms with E-state index in [0.717, 1.165) is 12.1 Å². The van der Waals surface area contributed by atoms with Crippen LogP contribution in [-0.4, -0.2) is 19.5 Å². The Morgan fingerprint density at radius 1 is 1.09 bits per heavy atom. The van der Waals surface area contributed by atoms with Crippen LogP contribution in [0.1, 0.15) is 11.3 Å². The molecule has 1 aromatic carbocycles. The number of hydrogen-bond donors (Lipinski definition) is 0. The Labute approximate surface area is 138 Å². The lowest BCUT2D eigenvalue weighted by Crippen LogP contribution is -2.04. The Morgan fingerprint density at radius 2 is 1.78 bits per heavy atom. The van der Waals surface area contributed by atoms with Crippen LogP contribution in [-0.2, 0) is 6.18 Å². The largest absolute Gasteiger partial charge is 0.416 e. The van der Waals surface area contributed by atoms with Gasteiger partial charge in [0.2, 0.25) is 5.95 Å². The number of imidazole rings is 1. The smallest absolute Gasteiger partial charge is 0.273 e. The molecule has 0 N–H and O–H groups in total. The summed E-state index contributed by atoms with van der Waals surface area (Å²) in [6, 6.07) is 6.61. The van der Waals surface area contributed by atoms with Crippen LogP contribution in [0.25, 0.3) is 17.2 Å². The average Bonchev–Trinajstić information content (AvgIpc) is 2.92. The van der Waals surface area contributed by atoms with Gasteiger partial charge >= 0.3 is 6.18 Å². The van der Waals surface area contributed by atoms with Crippen LogP contribution >= 0.6 is 15.9 Å². The zero-order valence-corrected chi connectivity index (χ0v) is 13.4. The molecule has 0 radical (unpaired) electrons. The lowest BCUT2D eigenvalue weighted by molar-refractivity contribution is -0.137. The van der Waals surface area contributed by atoms with Crippen molar-refractivity contribution < 1.29 is 13.2 Å². The molecular weight excluding hydrogens is 373 g/mol. The molecule has 0 aliphatic heterocycles. The Morgan fingerprint density at radius 3 is 2.35 bits per heavy atom. The Bertz CT molecular complexity index is 841. The number of halogens is 4. The van der Waals surface area contributed by atoms with Crippen LogP contribution in [0, 0.1) is 6.92 Å². The fourth-order valence-electron chi connectivity index (χ4n) is 2.05. The highest BCUT2D eigenvalue weighted by Gasteiger charge is 2.30. The number of alkyl halides is 3. The molecule has 4 nitrogen and oxygen atoms in total. The maximum absolute atomic E-state index is 12.6. The highest BCUT2D eigenvalue weighted by Crippen LogP contribution is 2.30. The lowest BCUT2D eigenvalue weighted by Gasteiger charge is -2.09. The molecule has 8 heteroatoms. The van der Waals surface area contributed by atoms with Crippen molar-refractivity contribution in [3.63, 3.8) is 0 Å². The third kappa shape index (κ3) is 3.42. The van der Waals surface area contributed by atoms with Crippen molar-refractivity contribution in [2.75, 3.05) is 0 Å². The standard InChI is InChI=1S/C15H10BrF3N4/c1-9-6-12(10-2-4-11(5-3-10)15(17,18)19)22-14(21-9)23-7-13(16)20-8-23/h2-8H,1H3. The summed E-state index contributed by atoms with van der Waals surface area (Å²) in [4.78, 5) is 12.7. The molecule has 0 bridgehead atoms. The first-order chi connectivity index (χ1) is 10.8. The first kappa shape index (κ1) is 15.7. The summed E-state index contributed by atoms with van der Waals surface area (Å²) in [5, 5.41) is 0. The maximum atomic E-state index is 12.6. The first-order valence-electron chi connectivity index (χ1n) is 6.56. The van der Waals surface area contributed by atoms with Crippen molar-refractivity contribution in [1.29, 1.82) is 0 Å². The normalized spacial score (nSPS) is 11.7. The SMILES string of the molecule is Cc1cc(-c2ccc(C(F)(F)F)cc2)nc(-n2cnc(Br)c2)n1. The summed E-state index contributed by atoms with van der Waals surface area (Å²) in [6.45, 7) is 1.80. The zero-order chi connectivity index (χ0) is 16.6. The van der Waals surface area contributed by atoms with Crippen molar-refractivity contribution in [1.82, 2.24) is 19.5 Å². The van der Waals surface area contributed by atoms with Gasteiger partial charge in [-0.3, -0.25) is 4.57 Å². The molecule has 2 aromatic heterocycles. The monoisotopic (exact) mass is 382 g/mol. The van der Waals surface area contributed by atoms with E-state index in [-0.39, 0.29) is 0 Å². The highest BCUT2D eigenvalue weighted by atomic mass is 79.9. The van der Waals surface area contributed by atoms with Gasteiger partial charge < -0.3 is 0 Å². The minimum absolute atomic E-state index is 0.401. The van der Waals surface area contributed by atoms with E-state index in [0.29, 0.717) is 27.5 Å². The Kier molecular flexibility index (Phi) is 3.93. The number of rotatable bonds is 2. The number of benzene rings is 1. The minimum atomic E-state index is -4.35. The predicted molar refractivity (Wildman–Crippen MR) is 82.0 cm³/mol. The second kappa shape index (κ2) is 5.77. The van der Waals surface area contributed by atoms with E-state index in [4.69, 9.17) is 0 Å². The third-order valence-corrected chi connectivity index (χ3v) is 3.54. The molecule has 0 saturated heterocycles. The molecule has 3 aromatic rings. The summed E-state index contributed by atoms with van der Waals surface area (Å²) in [5.74, 6) is 0.401. The molecule has 3 rings (SSSR count). The molecule has 0 aliphatic carbocycles. The Balaban J connectivity index is 2.01. The average molecular weight is 383 g/mol. The molecule has 23 heavy (non-hydrogen) atoms. The summed E-state index contributed by atoms with van der Waals surface area (Å²) in [6.07, 6.45) is -1.10. The van der Waals surface area contributed by atoms with E-state index in [2.05, 4.69) is 30.9 Å².